The first-order valence-electron chi connectivity index (χ1n) is 7.15. The molecule has 2 unspecified atom stereocenters. The standard InChI is InChI=1S/C13H19N3O3S2.ClH/c17-13(15-10-5-6-14-9-10)11-3-1-7-16(11)21(18,19)12-4-2-8-20-12;/h2,4,8,10-11,14H,1,3,5-7,9H2,(H,15,17);1H. The highest BCUT2D eigenvalue weighted by Crippen LogP contribution is 2.28. The summed E-state index contributed by atoms with van der Waals surface area (Å²) in [7, 11) is -3.55. The quantitative estimate of drug-likeness (QED) is 0.827. The van der Waals surface area contributed by atoms with Gasteiger partial charge < -0.3 is 10.6 Å². The van der Waals surface area contributed by atoms with Crippen LogP contribution < -0.4 is 10.6 Å². The summed E-state index contributed by atoms with van der Waals surface area (Å²) >= 11 is 1.19. The number of hydrogen-bond donors (Lipinski definition) is 2. The highest BCUT2D eigenvalue weighted by molar-refractivity contribution is 7.91. The smallest absolute Gasteiger partial charge is 0.253 e. The molecule has 2 fully saturated rings. The highest BCUT2D eigenvalue weighted by atomic mass is 35.5. The van der Waals surface area contributed by atoms with E-state index in [1.54, 1.807) is 17.5 Å². The van der Waals surface area contributed by atoms with E-state index in [-0.39, 0.29) is 24.4 Å². The summed E-state index contributed by atoms with van der Waals surface area (Å²) in [6, 6.07) is 2.85. The number of thiophene rings is 1. The van der Waals surface area contributed by atoms with Crippen molar-refractivity contribution in [1.82, 2.24) is 14.9 Å². The minimum Gasteiger partial charge on any atom is -0.351 e. The Morgan fingerprint density at radius 1 is 1.41 bits per heavy atom. The van der Waals surface area contributed by atoms with E-state index in [0.717, 1.165) is 25.9 Å². The summed E-state index contributed by atoms with van der Waals surface area (Å²) in [4.78, 5) is 12.4. The lowest BCUT2D eigenvalue weighted by molar-refractivity contribution is -0.124. The van der Waals surface area contributed by atoms with Crippen LogP contribution in [0.2, 0.25) is 0 Å². The molecule has 9 heteroatoms. The molecule has 0 spiro atoms. The van der Waals surface area contributed by atoms with E-state index in [1.165, 1.54) is 15.6 Å². The minimum absolute atomic E-state index is 0. The minimum atomic E-state index is -3.55. The van der Waals surface area contributed by atoms with Gasteiger partial charge in [-0.15, -0.1) is 23.7 Å². The third kappa shape index (κ3) is 3.46. The van der Waals surface area contributed by atoms with Gasteiger partial charge in [-0.05, 0) is 37.3 Å². The van der Waals surface area contributed by atoms with E-state index < -0.39 is 16.1 Å². The van der Waals surface area contributed by atoms with Crippen molar-refractivity contribution in [2.24, 2.45) is 0 Å². The second-order valence-corrected chi connectivity index (χ2v) is 8.47. The van der Waals surface area contributed by atoms with Crippen molar-refractivity contribution in [3.63, 3.8) is 0 Å². The van der Waals surface area contributed by atoms with Crippen LogP contribution in [-0.2, 0) is 14.8 Å². The Balaban J connectivity index is 0.00000176. The van der Waals surface area contributed by atoms with Gasteiger partial charge in [0.25, 0.3) is 10.0 Å². The molecule has 2 aliphatic heterocycles. The molecular formula is C13H20ClN3O3S2. The lowest BCUT2D eigenvalue weighted by atomic mass is 10.2. The number of sulfonamides is 1. The number of carbonyl (C=O) groups is 1. The molecule has 0 aliphatic carbocycles. The zero-order valence-corrected chi connectivity index (χ0v) is 14.5. The van der Waals surface area contributed by atoms with Gasteiger partial charge in [0.15, 0.2) is 0 Å². The van der Waals surface area contributed by atoms with Gasteiger partial charge in [0, 0.05) is 19.1 Å². The maximum Gasteiger partial charge on any atom is 0.253 e. The number of halogens is 1. The Bertz CT molecular complexity index is 600. The molecule has 0 radical (unpaired) electrons. The first kappa shape index (κ1) is 17.7. The molecule has 1 aromatic heterocycles. The Morgan fingerprint density at radius 3 is 2.86 bits per heavy atom. The average Bonchev–Trinajstić information content (AvgIpc) is 3.20. The zero-order valence-electron chi connectivity index (χ0n) is 12.0. The third-order valence-electron chi connectivity index (χ3n) is 3.97. The Kier molecular flexibility index (Phi) is 5.84. The van der Waals surface area contributed by atoms with Crippen molar-refractivity contribution in [1.29, 1.82) is 0 Å². The van der Waals surface area contributed by atoms with Crippen LogP contribution in [0.1, 0.15) is 19.3 Å². The van der Waals surface area contributed by atoms with Crippen molar-refractivity contribution in [3.05, 3.63) is 17.5 Å². The van der Waals surface area contributed by atoms with Crippen LogP contribution in [0.4, 0.5) is 0 Å². The van der Waals surface area contributed by atoms with Gasteiger partial charge in [0.1, 0.15) is 10.3 Å². The summed E-state index contributed by atoms with van der Waals surface area (Å²) in [6.07, 6.45) is 2.22. The molecule has 1 amide bonds. The van der Waals surface area contributed by atoms with E-state index in [0.29, 0.717) is 17.2 Å². The van der Waals surface area contributed by atoms with E-state index in [4.69, 9.17) is 0 Å². The number of carbonyl (C=O) groups excluding carboxylic acids is 1. The lowest BCUT2D eigenvalue weighted by Crippen LogP contribution is -2.49. The van der Waals surface area contributed by atoms with Gasteiger partial charge in [0.2, 0.25) is 5.91 Å². The zero-order chi connectivity index (χ0) is 14.9. The van der Waals surface area contributed by atoms with E-state index >= 15 is 0 Å². The van der Waals surface area contributed by atoms with Gasteiger partial charge in [-0.3, -0.25) is 4.79 Å². The summed E-state index contributed by atoms with van der Waals surface area (Å²) in [6.45, 7) is 2.07. The van der Waals surface area contributed by atoms with Crippen LogP contribution in [0.25, 0.3) is 0 Å². The Morgan fingerprint density at radius 2 is 2.23 bits per heavy atom. The summed E-state index contributed by atoms with van der Waals surface area (Å²) < 4.78 is 26.9. The number of nitrogens with zero attached hydrogens (tertiary/aromatic N) is 1. The summed E-state index contributed by atoms with van der Waals surface area (Å²) in [5.74, 6) is -0.165. The Labute approximate surface area is 140 Å². The molecule has 0 bridgehead atoms. The molecule has 2 N–H and O–H groups in total. The van der Waals surface area contributed by atoms with Gasteiger partial charge >= 0.3 is 0 Å². The average molecular weight is 366 g/mol. The van der Waals surface area contributed by atoms with Gasteiger partial charge in [-0.1, -0.05) is 6.07 Å². The largest absolute Gasteiger partial charge is 0.351 e. The first-order chi connectivity index (χ1) is 10.1. The molecule has 1 aromatic rings. The maximum absolute atomic E-state index is 12.6. The molecule has 3 rings (SSSR count). The SMILES string of the molecule is Cl.O=C(NC1CCNC1)C1CCCN1S(=O)(=O)c1cccs1. The summed E-state index contributed by atoms with van der Waals surface area (Å²) in [5, 5.41) is 7.89. The number of rotatable bonds is 4. The normalized spacial score (nSPS) is 25.8. The molecule has 0 aromatic carbocycles. The van der Waals surface area contributed by atoms with Crippen molar-refractivity contribution >= 4 is 39.7 Å². The van der Waals surface area contributed by atoms with Gasteiger partial charge in [-0.2, -0.15) is 4.31 Å². The van der Waals surface area contributed by atoms with Crippen molar-refractivity contribution in [2.45, 2.75) is 35.6 Å². The fourth-order valence-corrected chi connectivity index (χ4v) is 5.67. The fraction of sp³-hybridized carbons (Fsp3) is 0.615. The van der Waals surface area contributed by atoms with Crippen LogP contribution in [0.5, 0.6) is 0 Å². The molecule has 2 saturated heterocycles. The molecule has 0 saturated carbocycles. The van der Waals surface area contributed by atoms with Crippen LogP contribution in [0, 0.1) is 0 Å². The monoisotopic (exact) mass is 365 g/mol. The molecular weight excluding hydrogens is 346 g/mol. The van der Waals surface area contributed by atoms with Crippen molar-refractivity contribution in [3.8, 4) is 0 Å². The highest BCUT2D eigenvalue weighted by Gasteiger charge is 2.40. The van der Waals surface area contributed by atoms with Crippen molar-refractivity contribution < 1.29 is 13.2 Å². The topological polar surface area (TPSA) is 78.5 Å². The van der Waals surface area contributed by atoms with Crippen LogP contribution in [0.3, 0.4) is 0 Å². The number of hydrogen-bond acceptors (Lipinski definition) is 5. The third-order valence-corrected chi connectivity index (χ3v) is 7.25. The van der Waals surface area contributed by atoms with Crippen LogP contribution >= 0.6 is 23.7 Å². The van der Waals surface area contributed by atoms with Crippen LogP contribution in [-0.4, -0.2) is 50.3 Å². The predicted molar refractivity (Wildman–Crippen MR) is 87.9 cm³/mol. The van der Waals surface area contributed by atoms with E-state index in [9.17, 15) is 13.2 Å². The first-order valence-corrected chi connectivity index (χ1v) is 9.47. The van der Waals surface area contributed by atoms with Crippen LogP contribution in [0.15, 0.2) is 21.7 Å². The predicted octanol–water partition coefficient (Wildman–Crippen LogP) is 0.801. The molecule has 6 nitrogen and oxygen atoms in total. The summed E-state index contributed by atoms with van der Waals surface area (Å²) in [5.41, 5.74) is 0. The van der Waals surface area contributed by atoms with E-state index in [1.807, 2.05) is 0 Å². The fourth-order valence-electron chi connectivity index (χ4n) is 2.89. The number of amides is 1. The molecule has 2 atom stereocenters. The molecule has 3 heterocycles. The van der Waals surface area contributed by atoms with Gasteiger partial charge in [-0.25, -0.2) is 8.42 Å². The molecule has 2 aliphatic rings. The van der Waals surface area contributed by atoms with Gasteiger partial charge in [0.05, 0.1) is 0 Å². The second-order valence-electron chi connectivity index (χ2n) is 5.40. The Hall–Kier alpha value is -0.670. The lowest BCUT2D eigenvalue weighted by Gasteiger charge is -2.24. The molecule has 22 heavy (non-hydrogen) atoms. The number of nitrogens with one attached hydrogen (secondary N) is 2. The molecule has 124 valence electrons. The van der Waals surface area contributed by atoms with Crippen molar-refractivity contribution in [2.75, 3.05) is 19.6 Å². The second kappa shape index (κ2) is 7.27. The maximum atomic E-state index is 12.6. The van der Waals surface area contributed by atoms with E-state index in [2.05, 4.69) is 10.6 Å².